The van der Waals surface area contributed by atoms with Crippen LogP contribution in [0.5, 0.6) is 0 Å². The molecular weight excluding hydrogens is 296 g/mol. The van der Waals surface area contributed by atoms with Crippen LogP contribution in [0.4, 0.5) is 0 Å². The van der Waals surface area contributed by atoms with Crippen LogP contribution < -0.4 is 5.32 Å². The fourth-order valence-corrected chi connectivity index (χ4v) is 3.31. The van der Waals surface area contributed by atoms with Gasteiger partial charge in [-0.25, -0.2) is 9.50 Å². The van der Waals surface area contributed by atoms with Gasteiger partial charge in [0.15, 0.2) is 5.65 Å². The number of rotatable bonds is 2. The SMILES string of the molecule is Clc1cccc(-c2cc3nccc([C@@H]4CCCNC4)n3n2)c1. The fourth-order valence-electron chi connectivity index (χ4n) is 3.12. The normalized spacial score (nSPS) is 18.7. The van der Waals surface area contributed by atoms with Crippen molar-refractivity contribution in [3.05, 3.63) is 53.3 Å². The summed E-state index contributed by atoms with van der Waals surface area (Å²) in [7, 11) is 0. The number of nitrogens with zero attached hydrogens (tertiary/aromatic N) is 3. The van der Waals surface area contributed by atoms with Crippen LogP contribution in [0.15, 0.2) is 42.6 Å². The van der Waals surface area contributed by atoms with Gasteiger partial charge in [0.1, 0.15) is 0 Å². The minimum atomic E-state index is 0.492. The zero-order valence-electron chi connectivity index (χ0n) is 12.2. The molecular formula is C17H17ClN4. The molecule has 0 aliphatic carbocycles. The lowest BCUT2D eigenvalue weighted by Crippen LogP contribution is -2.29. The lowest BCUT2D eigenvalue weighted by atomic mass is 9.96. The Kier molecular flexibility index (Phi) is 3.56. The van der Waals surface area contributed by atoms with E-state index >= 15 is 0 Å². The monoisotopic (exact) mass is 312 g/mol. The summed E-state index contributed by atoms with van der Waals surface area (Å²) in [5.41, 5.74) is 4.04. The smallest absolute Gasteiger partial charge is 0.155 e. The molecule has 1 fully saturated rings. The average molecular weight is 313 g/mol. The second-order valence-electron chi connectivity index (χ2n) is 5.72. The Morgan fingerprint density at radius 3 is 3.00 bits per heavy atom. The second-order valence-corrected chi connectivity index (χ2v) is 6.16. The van der Waals surface area contributed by atoms with E-state index in [1.165, 1.54) is 18.5 Å². The quantitative estimate of drug-likeness (QED) is 0.787. The molecule has 5 heteroatoms. The molecule has 4 nitrogen and oxygen atoms in total. The Morgan fingerprint density at radius 2 is 2.18 bits per heavy atom. The van der Waals surface area contributed by atoms with Crippen LogP contribution in [-0.4, -0.2) is 27.7 Å². The molecule has 4 rings (SSSR count). The Morgan fingerprint density at radius 1 is 1.23 bits per heavy atom. The zero-order chi connectivity index (χ0) is 14.9. The Labute approximate surface area is 134 Å². The highest BCUT2D eigenvalue weighted by atomic mass is 35.5. The van der Waals surface area contributed by atoms with E-state index in [-0.39, 0.29) is 0 Å². The van der Waals surface area contributed by atoms with Gasteiger partial charge < -0.3 is 5.32 Å². The van der Waals surface area contributed by atoms with Crippen molar-refractivity contribution in [3.63, 3.8) is 0 Å². The number of hydrogen-bond acceptors (Lipinski definition) is 3. The third kappa shape index (κ3) is 2.49. The van der Waals surface area contributed by atoms with Crippen molar-refractivity contribution in [1.82, 2.24) is 19.9 Å². The van der Waals surface area contributed by atoms with Gasteiger partial charge in [-0.05, 0) is 37.6 Å². The van der Waals surface area contributed by atoms with E-state index in [1.807, 2.05) is 41.0 Å². The summed E-state index contributed by atoms with van der Waals surface area (Å²) in [6, 6.07) is 11.9. The summed E-state index contributed by atoms with van der Waals surface area (Å²) in [6.07, 6.45) is 4.28. The molecule has 112 valence electrons. The topological polar surface area (TPSA) is 42.2 Å². The van der Waals surface area contributed by atoms with Crippen LogP contribution in [0.2, 0.25) is 5.02 Å². The Balaban J connectivity index is 1.80. The molecule has 22 heavy (non-hydrogen) atoms. The molecule has 1 saturated heterocycles. The van der Waals surface area contributed by atoms with Crippen LogP contribution >= 0.6 is 11.6 Å². The number of piperidine rings is 1. The summed E-state index contributed by atoms with van der Waals surface area (Å²) in [4.78, 5) is 4.45. The molecule has 0 spiro atoms. The van der Waals surface area contributed by atoms with Gasteiger partial charge in [0.2, 0.25) is 0 Å². The standard InChI is InChI=1S/C17H17ClN4/c18-14-5-1-3-12(9-14)15-10-17-20-8-6-16(22(17)21-15)13-4-2-7-19-11-13/h1,3,5-6,8-10,13,19H,2,4,7,11H2/t13-/m1/s1. The van der Waals surface area contributed by atoms with Crippen molar-refractivity contribution < 1.29 is 0 Å². The summed E-state index contributed by atoms with van der Waals surface area (Å²) >= 11 is 6.09. The van der Waals surface area contributed by atoms with E-state index in [9.17, 15) is 0 Å². The molecule has 0 bridgehead atoms. The molecule has 0 amide bonds. The molecule has 1 aliphatic rings. The Bertz CT molecular complexity index is 805. The molecule has 0 radical (unpaired) electrons. The molecule has 1 N–H and O–H groups in total. The van der Waals surface area contributed by atoms with Crippen LogP contribution in [-0.2, 0) is 0 Å². The zero-order valence-corrected chi connectivity index (χ0v) is 12.9. The second kappa shape index (κ2) is 5.71. The van der Waals surface area contributed by atoms with Gasteiger partial charge in [0.25, 0.3) is 0 Å². The average Bonchev–Trinajstić information content (AvgIpc) is 3.00. The van der Waals surface area contributed by atoms with E-state index in [4.69, 9.17) is 16.7 Å². The first-order valence-corrected chi connectivity index (χ1v) is 8.00. The number of nitrogens with one attached hydrogen (secondary N) is 1. The Hall–Kier alpha value is -1.91. The lowest BCUT2D eigenvalue weighted by molar-refractivity contribution is 0.448. The maximum atomic E-state index is 6.09. The number of hydrogen-bond donors (Lipinski definition) is 1. The highest BCUT2D eigenvalue weighted by Crippen LogP contribution is 2.26. The predicted octanol–water partition coefficient (Wildman–Crippen LogP) is 3.52. The van der Waals surface area contributed by atoms with Crippen molar-refractivity contribution in [1.29, 1.82) is 0 Å². The lowest BCUT2D eigenvalue weighted by Gasteiger charge is -2.23. The summed E-state index contributed by atoms with van der Waals surface area (Å²) in [6.45, 7) is 2.11. The van der Waals surface area contributed by atoms with E-state index in [2.05, 4.69) is 16.4 Å². The van der Waals surface area contributed by atoms with Crippen LogP contribution in [0.3, 0.4) is 0 Å². The molecule has 2 aromatic heterocycles. The first kappa shape index (κ1) is 13.7. The van der Waals surface area contributed by atoms with Crippen molar-refractivity contribution >= 4 is 17.2 Å². The van der Waals surface area contributed by atoms with E-state index < -0.39 is 0 Å². The maximum absolute atomic E-state index is 6.09. The van der Waals surface area contributed by atoms with Crippen LogP contribution in [0, 0.1) is 0 Å². The van der Waals surface area contributed by atoms with Crippen LogP contribution in [0.1, 0.15) is 24.5 Å². The van der Waals surface area contributed by atoms with Gasteiger partial charge in [0.05, 0.1) is 11.4 Å². The van der Waals surface area contributed by atoms with Crippen LogP contribution in [0.25, 0.3) is 16.9 Å². The molecule has 0 unspecified atom stereocenters. The third-order valence-corrected chi connectivity index (χ3v) is 4.46. The van der Waals surface area contributed by atoms with E-state index in [0.29, 0.717) is 5.92 Å². The van der Waals surface area contributed by atoms with Crippen molar-refractivity contribution in [2.45, 2.75) is 18.8 Å². The minimum Gasteiger partial charge on any atom is -0.316 e. The summed E-state index contributed by atoms with van der Waals surface area (Å²) in [5.74, 6) is 0.492. The summed E-state index contributed by atoms with van der Waals surface area (Å²) < 4.78 is 1.98. The van der Waals surface area contributed by atoms with E-state index in [0.717, 1.165) is 35.0 Å². The van der Waals surface area contributed by atoms with Gasteiger partial charge in [-0.1, -0.05) is 23.7 Å². The first-order chi connectivity index (χ1) is 10.8. The largest absolute Gasteiger partial charge is 0.316 e. The highest BCUT2D eigenvalue weighted by Gasteiger charge is 2.19. The molecule has 3 aromatic rings. The summed E-state index contributed by atoms with van der Waals surface area (Å²) in [5, 5.41) is 8.95. The highest BCUT2D eigenvalue weighted by molar-refractivity contribution is 6.30. The van der Waals surface area contributed by atoms with Crippen molar-refractivity contribution in [2.24, 2.45) is 0 Å². The molecule has 1 aromatic carbocycles. The van der Waals surface area contributed by atoms with Gasteiger partial charge in [0, 0.05) is 35.3 Å². The fraction of sp³-hybridized carbons (Fsp3) is 0.294. The third-order valence-electron chi connectivity index (χ3n) is 4.22. The molecule has 0 saturated carbocycles. The minimum absolute atomic E-state index is 0.492. The first-order valence-electron chi connectivity index (χ1n) is 7.62. The number of halogens is 1. The van der Waals surface area contributed by atoms with Gasteiger partial charge >= 0.3 is 0 Å². The van der Waals surface area contributed by atoms with Crippen molar-refractivity contribution in [3.8, 4) is 11.3 Å². The maximum Gasteiger partial charge on any atom is 0.155 e. The number of aromatic nitrogens is 3. The van der Waals surface area contributed by atoms with Gasteiger partial charge in [-0.2, -0.15) is 5.10 Å². The van der Waals surface area contributed by atoms with Crippen molar-refractivity contribution in [2.75, 3.05) is 13.1 Å². The van der Waals surface area contributed by atoms with Gasteiger partial charge in [-0.15, -0.1) is 0 Å². The number of fused-ring (bicyclic) bond motifs is 1. The molecule has 1 atom stereocenters. The molecule has 3 heterocycles. The number of benzene rings is 1. The predicted molar refractivity (Wildman–Crippen MR) is 88.3 cm³/mol. The molecule has 1 aliphatic heterocycles. The van der Waals surface area contributed by atoms with E-state index in [1.54, 1.807) is 0 Å². The van der Waals surface area contributed by atoms with Gasteiger partial charge in [-0.3, -0.25) is 0 Å².